The Morgan fingerprint density at radius 2 is 2.05 bits per heavy atom. The van der Waals surface area contributed by atoms with E-state index in [0.717, 1.165) is 12.1 Å². The van der Waals surface area contributed by atoms with Gasteiger partial charge >= 0.3 is 0 Å². The summed E-state index contributed by atoms with van der Waals surface area (Å²) in [6.07, 6.45) is 0. The minimum Gasteiger partial charge on any atom is -0.451 e. The number of carbonyl (C=O) groups is 1. The van der Waals surface area contributed by atoms with Crippen LogP contribution < -0.4 is 5.32 Å². The summed E-state index contributed by atoms with van der Waals surface area (Å²) in [5, 5.41) is 3.60. The van der Waals surface area contributed by atoms with E-state index in [9.17, 15) is 4.79 Å². The fraction of sp³-hybridized carbons (Fsp3) is 0.267. The van der Waals surface area contributed by atoms with Crippen LogP contribution in [0.25, 0.3) is 11.3 Å². The summed E-state index contributed by atoms with van der Waals surface area (Å²) in [5.74, 6) is 0.776. The Morgan fingerprint density at radius 3 is 2.75 bits per heavy atom. The predicted octanol–water partition coefficient (Wildman–Crippen LogP) is 2.89. The van der Waals surface area contributed by atoms with Crippen molar-refractivity contribution < 1.29 is 9.21 Å². The summed E-state index contributed by atoms with van der Waals surface area (Å²) >= 11 is 6.12. The van der Waals surface area contributed by atoms with Crippen LogP contribution in [0.5, 0.6) is 0 Å². The quantitative estimate of drug-likeness (QED) is 0.922. The highest BCUT2D eigenvalue weighted by molar-refractivity contribution is 6.33. The number of likely N-dealkylation sites (N-methyl/N-ethyl adjacent to an activating group) is 2. The van der Waals surface area contributed by atoms with Gasteiger partial charge in [0.15, 0.2) is 5.76 Å². The van der Waals surface area contributed by atoms with E-state index in [-0.39, 0.29) is 5.91 Å². The van der Waals surface area contributed by atoms with Crippen LogP contribution in [0.15, 0.2) is 40.8 Å². The monoisotopic (exact) mass is 292 g/mol. The maximum absolute atomic E-state index is 12.2. The second kappa shape index (κ2) is 6.59. The molecule has 0 atom stereocenters. The average molecular weight is 293 g/mol. The van der Waals surface area contributed by atoms with Crippen LogP contribution in [0.2, 0.25) is 5.02 Å². The first-order valence-electron chi connectivity index (χ1n) is 6.38. The fourth-order valence-electron chi connectivity index (χ4n) is 1.83. The Hall–Kier alpha value is -1.78. The molecule has 2 rings (SSSR count). The van der Waals surface area contributed by atoms with Crippen molar-refractivity contribution in [2.45, 2.75) is 0 Å². The molecule has 2 aromatic rings. The van der Waals surface area contributed by atoms with Gasteiger partial charge in [-0.15, -0.1) is 0 Å². The first-order valence-corrected chi connectivity index (χ1v) is 6.76. The van der Waals surface area contributed by atoms with E-state index in [0.29, 0.717) is 23.1 Å². The first kappa shape index (κ1) is 14.6. The number of amides is 1. The van der Waals surface area contributed by atoms with E-state index in [1.165, 1.54) is 0 Å². The predicted molar refractivity (Wildman–Crippen MR) is 80.0 cm³/mol. The van der Waals surface area contributed by atoms with Crippen LogP contribution in [0.1, 0.15) is 10.6 Å². The molecule has 0 aliphatic carbocycles. The molecule has 4 nitrogen and oxygen atoms in total. The Morgan fingerprint density at radius 1 is 1.30 bits per heavy atom. The molecule has 1 amide bonds. The lowest BCUT2D eigenvalue weighted by Crippen LogP contribution is -2.32. The highest BCUT2D eigenvalue weighted by atomic mass is 35.5. The smallest absolute Gasteiger partial charge is 0.289 e. The van der Waals surface area contributed by atoms with Crippen molar-refractivity contribution in [2.75, 3.05) is 27.2 Å². The number of benzene rings is 1. The summed E-state index contributed by atoms with van der Waals surface area (Å²) < 4.78 is 5.62. The summed E-state index contributed by atoms with van der Waals surface area (Å²) in [6, 6.07) is 10.8. The third-order valence-electron chi connectivity index (χ3n) is 3.00. The van der Waals surface area contributed by atoms with Crippen LogP contribution in [0, 0.1) is 0 Å². The van der Waals surface area contributed by atoms with Crippen molar-refractivity contribution in [1.29, 1.82) is 0 Å². The zero-order chi connectivity index (χ0) is 14.5. The molecule has 0 bridgehead atoms. The SMILES string of the molecule is CNCCN(C)C(=O)c1ccc(-c2ccccc2Cl)o1. The van der Waals surface area contributed by atoms with Crippen molar-refractivity contribution in [3.63, 3.8) is 0 Å². The molecular formula is C15H17ClN2O2. The van der Waals surface area contributed by atoms with Crippen molar-refractivity contribution in [1.82, 2.24) is 10.2 Å². The van der Waals surface area contributed by atoms with E-state index in [1.807, 2.05) is 25.2 Å². The summed E-state index contributed by atoms with van der Waals surface area (Å²) in [4.78, 5) is 13.8. The molecule has 0 saturated carbocycles. The van der Waals surface area contributed by atoms with Crippen LogP contribution in [0.4, 0.5) is 0 Å². The Bertz CT molecular complexity index is 595. The van der Waals surface area contributed by atoms with Crippen LogP contribution >= 0.6 is 11.6 Å². The number of hydrogen-bond donors (Lipinski definition) is 1. The molecule has 20 heavy (non-hydrogen) atoms. The second-order valence-electron chi connectivity index (χ2n) is 4.47. The van der Waals surface area contributed by atoms with Crippen molar-refractivity contribution >= 4 is 17.5 Å². The van der Waals surface area contributed by atoms with E-state index >= 15 is 0 Å². The molecule has 0 spiro atoms. The maximum atomic E-state index is 12.2. The number of carbonyl (C=O) groups excluding carboxylic acids is 1. The van der Waals surface area contributed by atoms with Gasteiger partial charge in [0.1, 0.15) is 5.76 Å². The molecule has 1 N–H and O–H groups in total. The average Bonchev–Trinajstić information content (AvgIpc) is 2.94. The normalized spacial score (nSPS) is 10.6. The maximum Gasteiger partial charge on any atom is 0.289 e. The van der Waals surface area contributed by atoms with Gasteiger partial charge in [-0.2, -0.15) is 0 Å². The number of rotatable bonds is 5. The molecular weight excluding hydrogens is 276 g/mol. The fourth-order valence-corrected chi connectivity index (χ4v) is 2.06. The minimum absolute atomic E-state index is 0.140. The van der Waals surface area contributed by atoms with Gasteiger partial charge < -0.3 is 14.6 Å². The van der Waals surface area contributed by atoms with Crippen molar-refractivity contribution in [3.05, 3.63) is 47.2 Å². The standard InChI is InChI=1S/C15H17ClN2O2/c1-17-9-10-18(2)15(19)14-8-7-13(20-14)11-5-3-4-6-12(11)16/h3-8,17H,9-10H2,1-2H3. The summed E-state index contributed by atoms with van der Waals surface area (Å²) in [6.45, 7) is 1.36. The van der Waals surface area contributed by atoms with Crippen LogP contribution in [-0.4, -0.2) is 38.0 Å². The summed E-state index contributed by atoms with van der Waals surface area (Å²) in [5.41, 5.74) is 0.783. The van der Waals surface area contributed by atoms with Gasteiger partial charge in [0.2, 0.25) is 0 Å². The van der Waals surface area contributed by atoms with Crippen LogP contribution in [-0.2, 0) is 0 Å². The Balaban J connectivity index is 2.17. The molecule has 0 aliphatic heterocycles. The van der Waals surface area contributed by atoms with Gasteiger partial charge in [-0.3, -0.25) is 4.79 Å². The molecule has 0 aliphatic rings. The van der Waals surface area contributed by atoms with E-state index in [1.54, 1.807) is 30.1 Å². The molecule has 1 aromatic heterocycles. The third kappa shape index (κ3) is 3.21. The van der Waals surface area contributed by atoms with E-state index < -0.39 is 0 Å². The van der Waals surface area contributed by atoms with Crippen molar-refractivity contribution in [2.24, 2.45) is 0 Å². The largest absolute Gasteiger partial charge is 0.451 e. The molecule has 0 radical (unpaired) electrons. The van der Waals surface area contributed by atoms with Crippen LogP contribution in [0.3, 0.4) is 0 Å². The highest BCUT2D eigenvalue weighted by Gasteiger charge is 2.16. The third-order valence-corrected chi connectivity index (χ3v) is 3.33. The molecule has 0 fully saturated rings. The van der Waals surface area contributed by atoms with Gasteiger partial charge in [-0.05, 0) is 31.3 Å². The first-order chi connectivity index (χ1) is 9.63. The molecule has 5 heteroatoms. The topological polar surface area (TPSA) is 45.5 Å². The van der Waals surface area contributed by atoms with Gasteiger partial charge in [0.05, 0.1) is 5.02 Å². The van der Waals surface area contributed by atoms with E-state index in [2.05, 4.69) is 5.32 Å². The lowest BCUT2D eigenvalue weighted by Gasteiger charge is -2.15. The van der Waals surface area contributed by atoms with Crippen molar-refractivity contribution in [3.8, 4) is 11.3 Å². The van der Waals surface area contributed by atoms with E-state index in [4.69, 9.17) is 16.0 Å². The Kier molecular flexibility index (Phi) is 4.82. The zero-order valence-electron chi connectivity index (χ0n) is 11.5. The van der Waals surface area contributed by atoms with Gasteiger partial charge in [0.25, 0.3) is 5.91 Å². The number of nitrogens with one attached hydrogen (secondary N) is 1. The van der Waals surface area contributed by atoms with Gasteiger partial charge in [-0.25, -0.2) is 0 Å². The second-order valence-corrected chi connectivity index (χ2v) is 4.88. The molecule has 106 valence electrons. The minimum atomic E-state index is -0.140. The number of hydrogen-bond acceptors (Lipinski definition) is 3. The molecule has 0 saturated heterocycles. The van der Waals surface area contributed by atoms with Gasteiger partial charge in [0, 0.05) is 25.7 Å². The lowest BCUT2D eigenvalue weighted by atomic mass is 10.2. The molecule has 1 heterocycles. The lowest BCUT2D eigenvalue weighted by molar-refractivity contribution is 0.0766. The molecule has 1 aromatic carbocycles. The highest BCUT2D eigenvalue weighted by Crippen LogP contribution is 2.29. The number of nitrogens with zero attached hydrogens (tertiary/aromatic N) is 1. The number of halogens is 1. The molecule has 0 unspecified atom stereocenters. The Labute approximate surface area is 123 Å². The zero-order valence-corrected chi connectivity index (χ0v) is 12.3. The number of furan rings is 1. The summed E-state index contributed by atoms with van der Waals surface area (Å²) in [7, 11) is 3.60. The van der Waals surface area contributed by atoms with Gasteiger partial charge in [-0.1, -0.05) is 23.7 Å².